The highest BCUT2D eigenvalue weighted by Crippen LogP contribution is 2.38. The third-order valence-electron chi connectivity index (χ3n) is 3.18. The Bertz CT molecular complexity index is 713. The summed E-state index contributed by atoms with van der Waals surface area (Å²) < 4.78 is 46.2. The number of fused-ring (bicyclic) bond motifs is 1. The minimum atomic E-state index is -4.57. The summed E-state index contributed by atoms with van der Waals surface area (Å²) in [6, 6.07) is 0.912. The Labute approximate surface area is 142 Å². The van der Waals surface area contributed by atoms with Crippen molar-refractivity contribution in [2.75, 3.05) is 6.61 Å². The molecular formula is C13H16Cl2F3N3OSi. The number of ether oxygens (including phenoxy) is 1. The number of halogens is 5. The van der Waals surface area contributed by atoms with Crippen molar-refractivity contribution in [2.24, 2.45) is 0 Å². The molecule has 0 aliphatic rings. The van der Waals surface area contributed by atoms with Gasteiger partial charge in [0, 0.05) is 20.9 Å². The molecule has 0 saturated heterocycles. The van der Waals surface area contributed by atoms with Gasteiger partial charge in [-0.05, 0) is 17.6 Å². The van der Waals surface area contributed by atoms with Crippen molar-refractivity contribution in [1.82, 2.24) is 14.5 Å². The zero-order chi connectivity index (χ0) is 17.4. The maximum absolute atomic E-state index is 13.2. The van der Waals surface area contributed by atoms with Crippen LogP contribution >= 0.6 is 23.2 Å². The Hall–Kier alpha value is -0.833. The molecule has 0 aliphatic carbocycles. The van der Waals surface area contributed by atoms with Crippen LogP contribution in [-0.2, 0) is 17.6 Å². The maximum atomic E-state index is 13.2. The summed E-state index contributed by atoms with van der Waals surface area (Å²) in [5, 5.41) is -0.803. The van der Waals surface area contributed by atoms with Gasteiger partial charge in [-0.2, -0.15) is 18.2 Å². The molecule has 128 valence electrons. The first-order valence-electron chi connectivity index (χ1n) is 6.86. The maximum Gasteiger partial charge on any atom is 0.418 e. The second-order valence-corrected chi connectivity index (χ2v) is 12.7. The second kappa shape index (κ2) is 6.58. The lowest BCUT2D eigenvalue weighted by molar-refractivity contribution is -0.136. The van der Waals surface area contributed by atoms with Crippen LogP contribution in [0.1, 0.15) is 5.56 Å². The summed E-state index contributed by atoms with van der Waals surface area (Å²) in [5.41, 5.74) is -0.890. The fourth-order valence-corrected chi connectivity index (χ4v) is 3.20. The normalized spacial score (nSPS) is 13.0. The molecule has 0 amide bonds. The van der Waals surface area contributed by atoms with Gasteiger partial charge in [-0.25, -0.2) is 4.98 Å². The van der Waals surface area contributed by atoms with Gasteiger partial charge in [0.05, 0.1) is 10.9 Å². The van der Waals surface area contributed by atoms with E-state index in [1.54, 1.807) is 0 Å². The summed E-state index contributed by atoms with van der Waals surface area (Å²) in [7, 11) is -1.27. The van der Waals surface area contributed by atoms with Gasteiger partial charge in [-0.15, -0.1) is 0 Å². The van der Waals surface area contributed by atoms with Gasteiger partial charge in [0.25, 0.3) is 0 Å². The molecule has 0 aliphatic heterocycles. The molecule has 23 heavy (non-hydrogen) atoms. The predicted octanol–water partition coefficient (Wildman–Crippen LogP) is 5.07. The Morgan fingerprint density at radius 3 is 2.43 bits per heavy atom. The van der Waals surface area contributed by atoms with Crippen molar-refractivity contribution in [2.45, 2.75) is 38.6 Å². The Balaban J connectivity index is 2.33. The summed E-state index contributed by atoms with van der Waals surface area (Å²) in [6.45, 7) is 6.99. The highest BCUT2D eigenvalue weighted by atomic mass is 35.5. The van der Waals surface area contributed by atoms with Crippen LogP contribution in [0.15, 0.2) is 6.20 Å². The molecule has 0 N–H and O–H groups in total. The molecule has 4 nitrogen and oxygen atoms in total. The van der Waals surface area contributed by atoms with Crippen molar-refractivity contribution < 1.29 is 17.9 Å². The van der Waals surface area contributed by atoms with Crippen molar-refractivity contribution in [3.63, 3.8) is 0 Å². The quantitative estimate of drug-likeness (QED) is 0.312. The minimum absolute atomic E-state index is 0.00956. The van der Waals surface area contributed by atoms with E-state index in [0.717, 1.165) is 12.2 Å². The average Bonchev–Trinajstić information content (AvgIpc) is 2.72. The molecule has 0 aromatic carbocycles. The molecule has 2 aromatic heterocycles. The first-order valence-corrected chi connectivity index (χ1v) is 11.3. The molecule has 0 atom stereocenters. The fraction of sp³-hybridized carbons (Fsp3) is 0.538. The van der Waals surface area contributed by atoms with E-state index in [0.29, 0.717) is 6.61 Å². The van der Waals surface area contributed by atoms with E-state index >= 15 is 0 Å². The van der Waals surface area contributed by atoms with Crippen LogP contribution in [0, 0.1) is 0 Å². The van der Waals surface area contributed by atoms with E-state index < -0.39 is 19.8 Å². The predicted molar refractivity (Wildman–Crippen MR) is 86.7 cm³/mol. The number of hydrogen-bond donors (Lipinski definition) is 0. The van der Waals surface area contributed by atoms with E-state index in [-0.39, 0.29) is 28.2 Å². The number of nitrogens with zero attached hydrogens (tertiary/aromatic N) is 3. The first-order chi connectivity index (χ1) is 10.5. The van der Waals surface area contributed by atoms with Crippen LogP contribution < -0.4 is 0 Å². The van der Waals surface area contributed by atoms with Crippen molar-refractivity contribution in [3.8, 4) is 0 Å². The zero-order valence-electron chi connectivity index (χ0n) is 12.8. The van der Waals surface area contributed by atoms with Crippen LogP contribution in [0.4, 0.5) is 13.2 Å². The van der Waals surface area contributed by atoms with Gasteiger partial charge >= 0.3 is 6.18 Å². The average molecular weight is 386 g/mol. The Kier molecular flexibility index (Phi) is 5.30. The highest BCUT2D eigenvalue weighted by Gasteiger charge is 2.36. The smallest absolute Gasteiger partial charge is 0.361 e. The lowest BCUT2D eigenvalue weighted by Gasteiger charge is -2.15. The number of aromatic nitrogens is 3. The molecular weight excluding hydrogens is 370 g/mol. The summed E-state index contributed by atoms with van der Waals surface area (Å²) in [6.07, 6.45) is -3.64. The first kappa shape index (κ1) is 18.5. The van der Waals surface area contributed by atoms with Gasteiger partial charge in [0.15, 0.2) is 0 Å². The molecule has 0 bridgehead atoms. The van der Waals surface area contributed by atoms with E-state index in [2.05, 4.69) is 29.6 Å². The lowest BCUT2D eigenvalue weighted by Crippen LogP contribution is -2.22. The number of alkyl halides is 3. The van der Waals surface area contributed by atoms with Crippen LogP contribution in [0.25, 0.3) is 11.0 Å². The van der Waals surface area contributed by atoms with Crippen LogP contribution in [0.5, 0.6) is 0 Å². The molecule has 0 saturated carbocycles. The van der Waals surface area contributed by atoms with E-state index in [1.807, 2.05) is 0 Å². The summed E-state index contributed by atoms with van der Waals surface area (Å²) >= 11 is 11.5. The van der Waals surface area contributed by atoms with Crippen molar-refractivity contribution in [1.29, 1.82) is 0 Å². The largest absolute Gasteiger partial charge is 0.418 e. The molecule has 2 rings (SSSR count). The SMILES string of the molecule is C[Si](C)(C)CCOCn1cc(C(F)(F)F)c2c(Cl)nc(Cl)nc21. The molecule has 0 radical (unpaired) electrons. The standard InChI is InChI=1S/C13H16Cl2F3N3OSi/c1-23(2,3)5-4-22-7-21-6-8(13(16,17)18)9-10(14)19-12(15)20-11(9)21/h6H,4-5,7H2,1-3H3. The van der Waals surface area contributed by atoms with Gasteiger partial charge < -0.3 is 9.30 Å². The molecule has 2 aromatic rings. The highest BCUT2D eigenvalue weighted by molar-refractivity contribution is 6.76. The van der Waals surface area contributed by atoms with E-state index in [9.17, 15) is 13.2 Å². The van der Waals surface area contributed by atoms with E-state index in [1.165, 1.54) is 4.57 Å². The van der Waals surface area contributed by atoms with Crippen LogP contribution in [0.2, 0.25) is 36.1 Å². The van der Waals surface area contributed by atoms with E-state index in [4.69, 9.17) is 27.9 Å². The molecule has 0 fully saturated rings. The van der Waals surface area contributed by atoms with Gasteiger partial charge in [0.2, 0.25) is 5.28 Å². The monoisotopic (exact) mass is 385 g/mol. The zero-order valence-corrected chi connectivity index (χ0v) is 15.4. The third kappa shape index (κ3) is 4.59. The van der Waals surface area contributed by atoms with Gasteiger partial charge in [-0.1, -0.05) is 31.2 Å². The molecule has 2 heterocycles. The summed E-state index contributed by atoms with van der Waals surface area (Å²) in [4.78, 5) is 7.45. The number of hydrogen-bond acceptors (Lipinski definition) is 3. The second-order valence-electron chi connectivity index (χ2n) is 6.34. The Morgan fingerprint density at radius 1 is 1.22 bits per heavy atom. The van der Waals surface area contributed by atoms with Crippen molar-refractivity contribution >= 4 is 42.3 Å². The van der Waals surface area contributed by atoms with Gasteiger partial charge in [0.1, 0.15) is 17.5 Å². The Morgan fingerprint density at radius 2 is 1.87 bits per heavy atom. The molecule has 10 heteroatoms. The van der Waals surface area contributed by atoms with Gasteiger partial charge in [-0.3, -0.25) is 0 Å². The summed E-state index contributed by atoms with van der Waals surface area (Å²) in [5.74, 6) is 0. The lowest BCUT2D eigenvalue weighted by atomic mass is 10.2. The third-order valence-corrected chi connectivity index (χ3v) is 5.32. The fourth-order valence-electron chi connectivity index (χ4n) is 1.97. The van der Waals surface area contributed by atoms with Crippen LogP contribution in [-0.4, -0.2) is 29.2 Å². The van der Waals surface area contributed by atoms with Crippen molar-refractivity contribution in [3.05, 3.63) is 22.2 Å². The number of rotatable bonds is 5. The topological polar surface area (TPSA) is 39.9 Å². The van der Waals surface area contributed by atoms with Crippen LogP contribution in [0.3, 0.4) is 0 Å². The molecule has 0 unspecified atom stereocenters. The minimum Gasteiger partial charge on any atom is -0.361 e. The molecule has 0 spiro atoms.